The molecule has 2 aromatic rings. The number of nitrogens with zero attached hydrogens (tertiary/aromatic N) is 3. The highest BCUT2D eigenvalue weighted by molar-refractivity contribution is 9.10. The minimum absolute atomic E-state index is 0.309. The highest BCUT2D eigenvalue weighted by Crippen LogP contribution is 2.39. The fraction of sp³-hybridized carbons (Fsp3) is 0.579. The van der Waals surface area contributed by atoms with Gasteiger partial charge in [0.1, 0.15) is 11.9 Å². The van der Waals surface area contributed by atoms with Crippen LogP contribution in [0.15, 0.2) is 21.2 Å². The van der Waals surface area contributed by atoms with Gasteiger partial charge < -0.3 is 14.5 Å². The largest absolute Gasteiger partial charge is 0.444 e. The van der Waals surface area contributed by atoms with E-state index in [0.29, 0.717) is 35.5 Å². The molecule has 0 amide bonds. The molecule has 6 nitrogen and oxygen atoms in total. The smallest absolute Gasteiger partial charge is 0.204 e. The SMILES string of the molecule is N#Cc1cc2c(Br)c(NC3CCC(N4C5COCC4C5)CC3)ncc2o1. The van der Waals surface area contributed by atoms with E-state index in [4.69, 9.17) is 14.4 Å². The number of fused-ring (bicyclic) bond motifs is 3. The number of halogens is 1. The number of hydrogen-bond acceptors (Lipinski definition) is 6. The van der Waals surface area contributed by atoms with Crippen molar-refractivity contribution in [1.29, 1.82) is 5.26 Å². The first kappa shape index (κ1) is 16.5. The van der Waals surface area contributed by atoms with Gasteiger partial charge in [-0.1, -0.05) is 0 Å². The summed E-state index contributed by atoms with van der Waals surface area (Å²) in [5, 5.41) is 13.5. The van der Waals surface area contributed by atoms with Gasteiger partial charge in [-0.15, -0.1) is 0 Å². The first-order chi connectivity index (χ1) is 12.7. The van der Waals surface area contributed by atoms with Crippen molar-refractivity contribution in [3.05, 3.63) is 22.5 Å². The van der Waals surface area contributed by atoms with Crippen LogP contribution in [0.3, 0.4) is 0 Å². The van der Waals surface area contributed by atoms with Crippen molar-refractivity contribution in [3.63, 3.8) is 0 Å². The maximum Gasteiger partial charge on any atom is 0.204 e. The van der Waals surface area contributed by atoms with E-state index in [9.17, 15) is 0 Å². The summed E-state index contributed by atoms with van der Waals surface area (Å²) in [4.78, 5) is 7.21. The Kier molecular flexibility index (Phi) is 4.15. The molecule has 0 aromatic carbocycles. The Balaban J connectivity index is 1.24. The summed E-state index contributed by atoms with van der Waals surface area (Å²) in [5.74, 6) is 1.14. The van der Waals surface area contributed by atoms with Crippen LogP contribution in [0.1, 0.15) is 37.9 Å². The molecule has 2 aromatic heterocycles. The van der Waals surface area contributed by atoms with Gasteiger partial charge in [-0.3, -0.25) is 4.90 Å². The van der Waals surface area contributed by atoms with Gasteiger partial charge in [-0.2, -0.15) is 5.26 Å². The monoisotopic (exact) mass is 416 g/mol. The first-order valence-corrected chi connectivity index (χ1v) is 10.1. The lowest BCUT2D eigenvalue weighted by Gasteiger charge is -2.57. The highest BCUT2D eigenvalue weighted by atomic mass is 79.9. The topological polar surface area (TPSA) is 74.3 Å². The summed E-state index contributed by atoms with van der Waals surface area (Å²) in [6.07, 6.45) is 7.79. The lowest BCUT2D eigenvalue weighted by Crippen LogP contribution is -2.67. The van der Waals surface area contributed by atoms with Gasteiger partial charge >= 0.3 is 0 Å². The second-order valence-electron chi connectivity index (χ2n) is 7.60. The molecule has 2 bridgehead atoms. The third-order valence-electron chi connectivity index (χ3n) is 6.09. The van der Waals surface area contributed by atoms with Crippen LogP contribution in [0.4, 0.5) is 5.82 Å². The van der Waals surface area contributed by atoms with Crippen LogP contribution in [0.2, 0.25) is 0 Å². The highest BCUT2D eigenvalue weighted by Gasteiger charge is 2.46. The Morgan fingerprint density at radius 3 is 2.65 bits per heavy atom. The summed E-state index contributed by atoms with van der Waals surface area (Å²) < 4.78 is 11.9. The quantitative estimate of drug-likeness (QED) is 0.822. The molecule has 4 heterocycles. The van der Waals surface area contributed by atoms with E-state index in [-0.39, 0.29) is 0 Å². The second kappa shape index (κ2) is 6.52. The molecule has 2 aliphatic heterocycles. The van der Waals surface area contributed by atoms with Crippen LogP contribution >= 0.6 is 15.9 Å². The van der Waals surface area contributed by atoms with Gasteiger partial charge in [-0.05, 0) is 48.0 Å². The molecule has 136 valence electrons. The summed E-state index contributed by atoms with van der Waals surface area (Å²) in [7, 11) is 0. The predicted molar refractivity (Wildman–Crippen MR) is 101 cm³/mol. The Labute approximate surface area is 160 Å². The summed E-state index contributed by atoms with van der Waals surface area (Å²) in [6.45, 7) is 1.84. The molecule has 1 aliphatic carbocycles. The molecule has 3 aliphatic rings. The Bertz CT molecular complexity index is 854. The van der Waals surface area contributed by atoms with Crippen molar-refractivity contribution in [1.82, 2.24) is 9.88 Å². The minimum Gasteiger partial charge on any atom is -0.444 e. The molecule has 1 N–H and O–H groups in total. The number of aromatic nitrogens is 1. The van der Waals surface area contributed by atoms with E-state index in [1.165, 1.54) is 19.3 Å². The average molecular weight is 417 g/mol. The van der Waals surface area contributed by atoms with E-state index < -0.39 is 0 Å². The zero-order valence-corrected chi connectivity index (χ0v) is 16.0. The maximum atomic E-state index is 9.01. The number of anilines is 1. The van der Waals surface area contributed by atoms with Crippen LogP contribution in [0.25, 0.3) is 11.0 Å². The molecule has 2 atom stereocenters. The average Bonchev–Trinajstić information content (AvgIpc) is 3.10. The van der Waals surface area contributed by atoms with Crippen molar-refractivity contribution in [2.45, 2.75) is 56.3 Å². The second-order valence-corrected chi connectivity index (χ2v) is 8.39. The van der Waals surface area contributed by atoms with Crippen molar-refractivity contribution >= 4 is 32.7 Å². The minimum atomic E-state index is 0.309. The third-order valence-corrected chi connectivity index (χ3v) is 6.90. The number of nitriles is 1. The number of ether oxygens (including phenoxy) is 1. The van der Waals surface area contributed by atoms with E-state index in [0.717, 1.165) is 41.7 Å². The Morgan fingerprint density at radius 2 is 1.96 bits per heavy atom. The van der Waals surface area contributed by atoms with Crippen LogP contribution in [-0.2, 0) is 4.74 Å². The van der Waals surface area contributed by atoms with Crippen molar-refractivity contribution in [2.24, 2.45) is 0 Å². The van der Waals surface area contributed by atoms with Crippen LogP contribution in [0, 0.1) is 11.3 Å². The molecule has 26 heavy (non-hydrogen) atoms. The molecular weight excluding hydrogens is 396 g/mol. The van der Waals surface area contributed by atoms with Gasteiger partial charge in [0.25, 0.3) is 0 Å². The summed E-state index contributed by atoms with van der Waals surface area (Å²) in [5.41, 5.74) is 0.634. The first-order valence-electron chi connectivity index (χ1n) is 9.33. The normalized spacial score (nSPS) is 31.4. The van der Waals surface area contributed by atoms with Crippen LogP contribution in [0.5, 0.6) is 0 Å². The number of rotatable bonds is 3. The fourth-order valence-corrected chi connectivity index (χ4v) is 5.34. The summed E-state index contributed by atoms with van der Waals surface area (Å²) >= 11 is 3.62. The number of furan rings is 1. The van der Waals surface area contributed by atoms with Crippen molar-refractivity contribution < 1.29 is 9.15 Å². The molecule has 2 unspecified atom stereocenters. The molecule has 2 saturated heterocycles. The van der Waals surface area contributed by atoms with Crippen molar-refractivity contribution in [2.75, 3.05) is 18.5 Å². The van der Waals surface area contributed by atoms with Gasteiger partial charge in [0.05, 0.1) is 23.9 Å². The number of pyridine rings is 1. The molecule has 0 radical (unpaired) electrons. The van der Waals surface area contributed by atoms with E-state index in [2.05, 4.69) is 31.1 Å². The fourth-order valence-electron chi connectivity index (χ4n) is 4.81. The standard InChI is InChI=1S/C19H21BrN4O2/c20-18-16-6-15(7-21)26-17(16)8-22-19(18)23-11-1-3-12(4-2-11)24-13-5-14(24)10-25-9-13/h6,8,11-14H,1-5,9-10H2,(H,22,23). The molecule has 3 fully saturated rings. The van der Waals surface area contributed by atoms with E-state index >= 15 is 0 Å². The molecule has 7 heteroatoms. The molecule has 5 rings (SSSR count). The molecule has 1 saturated carbocycles. The van der Waals surface area contributed by atoms with Crippen LogP contribution in [-0.4, -0.2) is 47.3 Å². The van der Waals surface area contributed by atoms with Gasteiger partial charge in [0.15, 0.2) is 5.58 Å². The third kappa shape index (κ3) is 2.72. The lowest BCUT2D eigenvalue weighted by molar-refractivity contribution is -0.151. The number of nitrogens with one attached hydrogen (secondary N) is 1. The number of hydrogen-bond donors (Lipinski definition) is 1. The van der Waals surface area contributed by atoms with Crippen LogP contribution < -0.4 is 5.32 Å². The molecule has 0 spiro atoms. The maximum absolute atomic E-state index is 9.01. The zero-order valence-electron chi connectivity index (χ0n) is 14.4. The van der Waals surface area contributed by atoms with E-state index in [1.807, 2.05) is 6.07 Å². The summed E-state index contributed by atoms with van der Waals surface area (Å²) in [6, 6.07) is 6.28. The van der Waals surface area contributed by atoms with Gasteiger partial charge in [0, 0.05) is 35.6 Å². The lowest BCUT2D eigenvalue weighted by atomic mass is 9.82. The van der Waals surface area contributed by atoms with Gasteiger partial charge in [-0.25, -0.2) is 4.98 Å². The Morgan fingerprint density at radius 1 is 1.19 bits per heavy atom. The number of morpholine rings is 1. The predicted octanol–water partition coefficient (Wildman–Crippen LogP) is 3.66. The van der Waals surface area contributed by atoms with E-state index in [1.54, 1.807) is 12.3 Å². The van der Waals surface area contributed by atoms with Crippen molar-refractivity contribution in [3.8, 4) is 6.07 Å². The van der Waals surface area contributed by atoms with Gasteiger partial charge in [0.2, 0.25) is 5.76 Å². The Hall–Kier alpha value is -1.62. The zero-order chi connectivity index (χ0) is 17.7. The molecular formula is C19H21BrN4O2.